The molecule has 1 heterocycles. The first-order chi connectivity index (χ1) is 6.65. The summed E-state index contributed by atoms with van der Waals surface area (Å²) in [5.74, 6) is 0.384. The lowest BCUT2D eigenvalue weighted by Crippen LogP contribution is -2.41. The van der Waals surface area contributed by atoms with E-state index >= 15 is 0 Å². The molecule has 1 fully saturated rings. The fourth-order valence-electron chi connectivity index (χ4n) is 1.77. The van der Waals surface area contributed by atoms with E-state index in [9.17, 15) is 4.79 Å². The van der Waals surface area contributed by atoms with Gasteiger partial charge in [0, 0.05) is 19.1 Å². The second kappa shape index (κ2) is 5.32. The van der Waals surface area contributed by atoms with Gasteiger partial charge in [0.05, 0.1) is 12.1 Å². The Bertz CT molecular complexity index is 195. The maximum atomic E-state index is 11.2. The Morgan fingerprint density at radius 2 is 2.43 bits per heavy atom. The average Bonchev–Trinajstić information content (AvgIpc) is 2.60. The minimum absolute atomic E-state index is 0.0771. The summed E-state index contributed by atoms with van der Waals surface area (Å²) < 4.78 is 5.52. The topological polar surface area (TPSA) is 64.3 Å². The summed E-state index contributed by atoms with van der Waals surface area (Å²) in [5.41, 5.74) is 5.44. The van der Waals surface area contributed by atoms with Gasteiger partial charge >= 0.3 is 0 Å². The van der Waals surface area contributed by atoms with Crippen LogP contribution < -0.4 is 11.1 Å². The molecule has 0 aromatic rings. The van der Waals surface area contributed by atoms with Gasteiger partial charge in [-0.3, -0.25) is 4.79 Å². The van der Waals surface area contributed by atoms with Crippen molar-refractivity contribution in [1.29, 1.82) is 0 Å². The molecule has 3 unspecified atom stereocenters. The Hall–Kier alpha value is -0.610. The number of hydrogen-bond acceptors (Lipinski definition) is 3. The van der Waals surface area contributed by atoms with Crippen molar-refractivity contribution in [3.8, 4) is 0 Å². The van der Waals surface area contributed by atoms with Crippen molar-refractivity contribution in [3.05, 3.63) is 0 Å². The van der Waals surface area contributed by atoms with Crippen LogP contribution in [0, 0.1) is 5.92 Å². The monoisotopic (exact) mass is 200 g/mol. The van der Waals surface area contributed by atoms with Crippen molar-refractivity contribution in [1.82, 2.24) is 5.32 Å². The van der Waals surface area contributed by atoms with Crippen molar-refractivity contribution >= 4 is 5.91 Å². The number of ether oxygens (including phenoxy) is 1. The van der Waals surface area contributed by atoms with Crippen LogP contribution in [0.3, 0.4) is 0 Å². The van der Waals surface area contributed by atoms with Crippen LogP contribution in [0.1, 0.15) is 26.7 Å². The van der Waals surface area contributed by atoms with Crippen LogP contribution in [0.25, 0.3) is 0 Å². The fraction of sp³-hybridized carbons (Fsp3) is 0.900. The van der Waals surface area contributed by atoms with Crippen LogP contribution in [0.2, 0.25) is 0 Å². The van der Waals surface area contributed by atoms with Crippen molar-refractivity contribution in [2.45, 2.75) is 38.8 Å². The van der Waals surface area contributed by atoms with E-state index in [-0.39, 0.29) is 5.91 Å². The zero-order chi connectivity index (χ0) is 10.6. The summed E-state index contributed by atoms with van der Waals surface area (Å²) in [6, 6.07) is -0.419. The third-order valence-corrected chi connectivity index (χ3v) is 2.70. The lowest BCUT2D eigenvalue weighted by atomic mass is 9.99. The largest absolute Gasteiger partial charge is 0.378 e. The molecule has 0 spiro atoms. The molecule has 4 heteroatoms. The summed E-state index contributed by atoms with van der Waals surface area (Å²) in [5, 5.41) is 2.84. The van der Waals surface area contributed by atoms with Gasteiger partial charge in [0.15, 0.2) is 0 Å². The highest BCUT2D eigenvalue weighted by atomic mass is 16.5. The Morgan fingerprint density at radius 1 is 1.71 bits per heavy atom. The van der Waals surface area contributed by atoms with E-state index in [4.69, 9.17) is 10.5 Å². The third kappa shape index (κ3) is 2.96. The molecule has 14 heavy (non-hydrogen) atoms. The predicted octanol–water partition coefficient (Wildman–Crippen LogP) is 0.265. The van der Waals surface area contributed by atoms with Crippen LogP contribution >= 0.6 is 0 Å². The summed E-state index contributed by atoms with van der Waals surface area (Å²) in [6.45, 7) is 5.31. The molecule has 0 radical (unpaired) electrons. The Kier molecular flexibility index (Phi) is 4.35. The van der Waals surface area contributed by atoms with E-state index in [0.717, 1.165) is 19.4 Å². The molecule has 1 aliphatic rings. The molecule has 3 N–H and O–H groups in total. The van der Waals surface area contributed by atoms with Gasteiger partial charge in [-0.2, -0.15) is 0 Å². The standard InChI is InChI=1S/C10H20N2O2/c1-3-9-8(4-5-14-9)6-12-10(13)7(2)11/h7-9H,3-6,11H2,1-2H3,(H,12,13). The third-order valence-electron chi connectivity index (χ3n) is 2.70. The van der Waals surface area contributed by atoms with Gasteiger partial charge in [-0.1, -0.05) is 6.92 Å². The van der Waals surface area contributed by atoms with Gasteiger partial charge in [-0.05, 0) is 19.8 Å². The first-order valence-corrected chi connectivity index (χ1v) is 5.30. The van der Waals surface area contributed by atoms with Crippen LogP contribution in [-0.4, -0.2) is 31.2 Å². The maximum absolute atomic E-state index is 11.2. The molecular formula is C10H20N2O2. The van der Waals surface area contributed by atoms with Crippen LogP contribution in [0.4, 0.5) is 0 Å². The second-order valence-corrected chi connectivity index (χ2v) is 3.90. The number of hydrogen-bond donors (Lipinski definition) is 2. The first-order valence-electron chi connectivity index (χ1n) is 5.30. The number of carbonyl (C=O) groups is 1. The minimum Gasteiger partial charge on any atom is -0.378 e. The zero-order valence-corrected chi connectivity index (χ0v) is 8.95. The van der Waals surface area contributed by atoms with E-state index in [1.54, 1.807) is 6.92 Å². The lowest BCUT2D eigenvalue weighted by molar-refractivity contribution is -0.122. The molecule has 1 aliphatic heterocycles. The zero-order valence-electron chi connectivity index (χ0n) is 8.95. The van der Waals surface area contributed by atoms with Gasteiger partial charge < -0.3 is 15.8 Å². The van der Waals surface area contributed by atoms with Gasteiger partial charge in [0.25, 0.3) is 0 Å². The first kappa shape index (κ1) is 11.5. The number of nitrogens with two attached hydrogens (primary N) is 1. The van der Waals surface area contributed by atoms with E-state index in [1.165, 1.54) is 0 Å². The number of carbonyl (C=O) groups excluding carboxylic acids is 1. The summed E-state index contributed by atoms with van der Waals surface area (Å²) in [7, 11) is 0. The van der Waals surface area contributed by atoms with Crippen LogP contribution in [-0.2, 0) is 9.53 Å². The number of amides is 1. The highest BCUT2D eigenvalue weighted by Gasteiger charge is 2.26. The quantitative estimate of drug-likeness (QED) is 0.684. The molecule has 0 aliphatic carbocycles. The Balaban J connectivity index is 2.27. The molecular weight excluding hydrogens is 180 g/mol. The molecule has 1 rings (SSSR count). The van der Waals surface area contributed by atoms with Crippen molar-refractivity contribution < 1.29 is 9.53 Å². The molecule has 1 amide bonds. The highest BCUT2D eigenvalue weighted by Crippen LogP contribution is 2.22. The fourth-order valence-corrected chi connectivity index (χ4v) is 1.77. The number of nitrogens with one attached hydrogen (secondary N) is 1. The van der Waals surface area contributed by atoms with Crippen molar-refractivity contribution in [2.24, 2.45) is 11.7 Å². The molecule has 0 saturated carbocycles. The predicted molar refractivity (Wildman–Crippen MR) is 54.8 cm³/mol. The lowest BCUT2D eigenvalue weighted by Gasteiger charge is -2.17. The van der Waals surface area contributed by atoms with Gasteiger partial charge in [-0.25, -0.2) is 0 Å². The Morgan fingerprint density at radius 3 is 3.00 bits per heavy atom. The molecule has 4 nitrogen and oxygen atoms in total. The minimum atomic E-state index is -0.419. The van der Waals surface area contributed by atoms with Gasteiger partial charge in [0.1, 0.15) is 0 Å². The highest BCUT2D eigenvalue weighted by molar-refractivity contribution is 5.80. The molecule has 1 saturated heterocycles. The molecule has 82 valence electrons. The smallest absolute Gasteiger partial charge is 0.236 e. The summed E-state index contributed by atoms with van der Waals surface area (Å²) in [4.78, 5) is 11.2. The summed E-state index contributed by atoms with van der Waals surface area (Å²) in [6.07, 6.45) is 2.36. The molecule has 0 aromatic carbocycles. The summed E-state index contributed by atoms with van der Waals surface area (Å²) >= 11 is 0. The van der Waals surface area contributed by atoms with E-state index in [2.05, 4.69) is 12.2 Å². The molecule has 0 aromatic heterocycles. The van der Waals surface area contributed by atoms with E-state index < -0.39 is 6.04 Å². The molecule has 0 bridgehead atoms. The van der Waals surface area contributed by atoms with Crippen LogP contribution in [0.5, 0.6) is 0 Å². The van der Waals surface area contributed by atoms with Crippen LogP contribution in [0.15, 0.2) is 0 Å². The van der Waals surface area contributed by atoms with Gasteiger partial charge in [0.2, 0.25) is 5.91 Å². The normalized spacial score (nSPS) is 28.8. The SMILES string of the molecule is CCC1OCCC1CNC(=O)C(C)N. The number of rotatable bonds is 4. The molecule has 3 atom stereocenters. The van der Waals surface area contributed by atoms with E-state index in [1.807, 2.05) is 0 Å². The maximum Gasteiger partial charge on any atom is 0.236 e. The average molecular weight is 200 g/mol. The van der Waals surface area contributed by atoms with Gasteiger partial charge in [-0.15, -0.1) is 0 Å². The van der Waals surface area contributed by atoms with E-state index in [0.29, 0.717) is 18.6 Å². The van der Waals surface area contributed by atoms with Crippen molar-refractivity contribution in [2.75, 3.05) is 13.2 Å². The Labute approximate surface area is 85.2 Å². The second-order valence-electron chi connectivity index (χ2n) is 3.90. The van der Waals surface area contributed by atoms with Crippen molar-refractivity contribution in [3.63, 3.8) is 0 Å².